The quantitative estimate of drug-likeness (QED) is 0.604. The molecule has 0 saturated carbocycles. The molecule has 0 fully saturated rings. The van der Waals surface area contributed by atoms with E-state index in [0.717, 1.165) is 40.5 Å². The topological polar surface area (TPSA) is 38.0 Å². The van der Waals surface area contributed by atoms with Gasteiger partial charge in [0.15, 0.2) is 0 Å². The highest BCUT2D eigenvalue weighted by molar-refractivity contribution is 6.31. The Bertz CT molecular complexity index is 1010. The lowest BCUT2D eigenvalue weighted by Crippen LogP contribution is -2.33. The van der Waals surface area contributed by atoms with Crippen molar-refractivity contribution in [3.8, 4) is 5.75 Å². The Morgan fingerprint density at radius 1 is 1.00 bits per heavy atom. The molecule has 0 spiro atoms. The number of benzene rings is 2. The molecule has 1 aromatic heterocycles. The number of para-hydroxylation sites is 1. The van der Waals surface area contributed by atoms with Gasteiger partial charge in [-0.25, -0.2) is 5.01 Å². The number of ether oxygens (including phenoxy) is 1. The highest BCUT2D eigenvalue weighted by atomic mass is 35.5. The van der Waals surface area contributed by atoms with Crippen LogP contribution in [0.15, 0.2) is 70.2 Å². The van der Waals surface area contributed by atoms with Crippen LogP contribution in [0.5, 0.6) is 5.75 Å². The summed E-state index contributed by atoms with van der Waals surface area (Å²) >= 11 is 6.46. The Balaban J connectivity index is 1.62. The molecular weight excluding hydrogens is 348 g/mol. The molecule has 0 unspecified atom stereocenters. The zero-order chi connectivity index (χ0) is 17.7. The van der Waals surface area contributed by atoms with Crippen LogP contribution in [0, 0.1) is 6.92 Å². The molecule has 3 heterocycles. The number of hydrogen-bond donors (Lipinski definition) is 0. The molecule has 0 bridgehead atoms. The van der Waals surface area contributed by atoms with Gasteiger partial charge < -0.3 is 9.15 Å². The third-order valence-electron chi connectivity index (χ3n) is 4.90. The average molecular weight is 365 g/mol. The van der Waals surface area contributed by atoms with E-state index in [4.69, 9.17) is 25.9 Å². The maximum absolute atomic E-state index is 6.46. The van der Waals surface area contributed by atoms with Gasteiger partial charge in [0.05, 0.1) is 6.04 Å². The summed E-state index contributed by atoms with van der Waals surface area (Å²) in [6, 6.07) is 19.9. The first-order valence-corrected chi connectivity index (χ1v) is 9.01. The zero-order valence-corrected chi connectivity index (χ0v) is 15.0. The van der Waals surface area contributed by atoms with Gasteiger partial charge >= 0.3 is 0 Å². The molecule has 3 aromatic rings. The monoisotopic (exact) mass is 364 g/mol. The first-order chi connectivity index (χ1) is 12.7. The summed E-state index contributed by atoms with van der Waals surface area (Å²) in [6.07, 6.45) is 0.408. The SMILES string of the molecule is Cc1ccc(C2=NN3[C@@H](c4ccccc4Cl)Oc4ccccc4[C@@H]3C2)o1. The van der Waals surface area contributed by atoms with Crippen LogP contribution in [0.25, 0.3) is 0 Å². The van der Waals surface area contributed by atoms with Crippen molar-refractivity contribution in [2.24, 2.45) is 5.10 Å². The molecule has 5 heteroatoms. The molecule has 0 N–H and O–H groups in total. The molecule has 0 radical (unpaired) electrons. The van der Waals surface area contributed by atoms with Crippen molar-refractivity contribution in [3.05, 3.63) is 88.3 Å². The third-order valence-corrected chi connectivity index (χ3v) is 5.24. The van der Waals surface area contributed by atoms with Crippen molar-refractivity contribution in [2.45, 2.75) is 25.6 Å². The van der Waals surface area contributed by atoms with Gasteiger partial charge in [-0.1, -0.05) is 48.0 Å². The molecule has 4 nitrogen and oxygen atoms in total. The standard InChI is InChI=1S/C21H17ClN2O2/c1-13-10-11-20(25-13)17-12-18-15-7-3-5-9-19(15)26-21(24(18)23-17)14-6-2-4-8-16(14)22/h2-11,18,21H,12H2,1H3/t18-,21+/m0/s1. The summed E-state index contributed by atoms with van der Waals surface area (Å²) in [4.78, 5) is 0. The number of hydrazone groups is 1. The summed E-state index contributed by atoms with van der Waals surface area (Å²) in [5, 5.41) is 7.55. The number of rotatable bonds is 2. The van der Waals surface area contributed by atoms with E-state index >= 15 is 0 Å². The zero-order valence-electron chi connectivity index (χ0n) is 14.2. The highest BCUT2D eigenvalue weighted by Crippen LogP contribution is 2.48. The van der Waals surface area contributed by atoms with E-state index in [1.165, 1.54) is 0 Å². The molecule has 2 aromatic carbocycles. The summed E-state index contributed by atoms with van der Waals surface area (Å²) in [6.45, 7) is 1.94. The molecule has 5 rings (SSSR count). The molecular formula is C21H17ClN2O2. The fourth-order valence-electron chi connectivity index (χ4n) is 3.65. The maximum atomic E-state index is 6.46. The van der Waals surface area contributed by atoms with Gasteiger partial charge in [0.1, 0.15) is 23.0 Å². The summed E-state index contributed by atoms with van der Waals surface area (Å²) in [5.41, 5.74) is 2.98. The second-order valence-electron chi connectivity index (χ2n) is 6.59. The van der Waals surface area contributed by atoms with Gasteiger partial charge in [0.25, 0.3) is 0 Å². The van der Waals surface area contributed by atoms with Crippen LogP contribution in [-0.4, -0.2) is 10.7 Å². The first kappa shape index (κ1) is 15.5. The largest absolute Gasteiger partial charge is 0.464 e. The normalized spacial score (nSPS) is 21.0. The number of hydrogen-bond acceptors (Lipinski definition) is 4. The van der Waals surface area contributed by atoms with Gasteiger partial charge in [0, 0.05) is 22.6 Å². The Labute approximate surface area is 156 Å². The van der Waals surface area contributed by atoms with Crippen molar-refractivity contribution >= 4 is 17.3 Å². The van der Waals surface area contributed by atoms with Crippen LogP contribution in [-0.2, 0) is 0 Å². The van der Waals surface area contributed by atoms with Crippen molar-refractivity contribution < 1.29 is 9.15 Å². The minimum absolute atomic E-state index is 0.0987. The van der Waals surface area contributed by atoms with E-state index in [1.807, 2.05) is 66.5 Å². The molecule has 2 aliphatic rings. The van der Waals surface area contributed by atoms with Gasteiger partial charge in [-0.15, -0.1) is 0 Å². The fraction of sp³-hybridized carbons (Fsp3) is 0.190. The van der Waals surface area contributed by atoms with Gasteiger partial charge in [-0.3, -0.25) is 0 Å². The third kappa shape index (κ3) is 2.41. The molecule has 2 aliphatic heterocycles. The van der Waals surface area contributed by atoms with E-state index in [2.05, 4.69) is 6.07 Å². The maximum Gasteiger partial charge on any atom is 0.215 e. The van der Waals surface area contributed by atoms with Crippen molar-refractivity contribution in [1.82, 2.24) is 5.01 Å². The molecule has 26 heavy (non-hydrogen) atoms. The van der Waals surface area contributed by atoms with E-state index in [9.17, 15) is 0 Å². The van der Waals surface area contributed by atoms with Crippen LogP contribution in [0.2, 0.25) is 5.02 Å². The molecule has 0 amide bonds. The van der Waals surface area contributed by atoms with E-state index in [1.54, 1.807) is 0 Å². The van der Waals surface area contributed by atoms with Crippen molar-refractivity contribution in [1.29, 1.82) is 0 Å². The lowest BCUT2D eigenvalue weighted by molar-refractivity contribution is -0.0189. The predicted octanol–water partition coefficient (Wildman–Crippen LogP) is 5.48. The Morgan fingerprint density at radius 3 is 2.54 bits per heavy atom. The number of aryl methyl sites for hydroxylation is 1. The first-order valence-electron chi connectivity index (χ1n) is 8.63. The Morgan fingerprint density at radius 2 is 1.77 bits per heavy atom. The minimum atomic E-state index is -0.364. The Kier molecular flexibility index (Phi) is 3.54. The van der Waals surface area contributed by atoms with E-state index < -0.39 is 0 Å². The van der Waals surface area contributed by atoms with Crippen molar-refractivity contribution in [2.75, 3.05) is 0 Å². The molecule has 130 valence electrons. The molecule has 0 saturated heterocycles. The summed E-state index contributed by atoms with van der Waals surface area (Å²) in [5.74, 6) is 2.57. The minimum Gasteiger partial charge on any atom is -0.464 e. The number of halogens is 1. The summed E-state index contributed by atoms with van der Waals surface area (Å²) in [7, 11) is 0. The fourth-order valence-corrected chi connectivity index (χ4v) is 3.88. The van der Waals surface area contributed by atoms with Crippen LogP contribution < -0.4 is 4.74 Å². The van der Waals surface area contributed by atoms with Crippen molar-refractivity contribution in [3.63, 3.8) is 0 Å². The van der Waals surface area contributed by atoms with E-state index in [0.29, 0.717) is 5.02 Å². The van der Waals surface area contributed by atoms with Crippen LogP contribution >= 0.6 is 11.6 Å². The number of furan rings is 1. The van der Waals surface area contributed by atoms with Gasteiger partial charge in [0.2, 0.25) is 6.23 Å². The Hall–Kier alpha value is -2.72. The number of nitrogens with zero attached hydrogens (tertiary/aromatic N) is 2. The summed E-state index contributed by atoms with van der Waals surface area (Å²) < 4.78 is 12.1. The van der Waals surface area contributed by atoms with Crippen LogP contribution in [0.1, 0.15) is 41.3 Å². The molecule has 2 atom stereocenters. The second kappa shape index (κ2) is 5.92. The lowest BCUT2D eigenvalue weighted by atomic mass is 9.97. The van der Waals surface area contributed by atoms with E-state index in [-0.39, 0.29) is 12.3 Å². The second-order valence-corrected chi connectivity index (χ2v) is 6.99. The smallest absolute Gasteiger partial charge is 0.215 e. The highest BCUT2D eigenvalue weighted by Gasteiger charge is 2.41. The average Bonchev–Trinajstić information content (AvgIpc) is 3.28. The lowest BCUT2D eigenvalue weighted by Gasteiger charge is -2.38. The predicted molar refractivity (Wildman–Crippen MR) is 100 cm³/mol. The van der Waals surface area contributed by atoms with Gasteiger partial charge in [-0.2, -0.15) is 5.10 Å². The van der Waals surface area contributed by atoms with Gasteiger partial charge in [-0.05, 0) is 31.2 Å². The number of fused-ring (bicyclic) bond motifs is 3. The van der Waals surface area contributed by atoms with Crippen LogP contribution in [0.4, 0.5) is 0 Å². The molecule has 0 aliphatic carbocycles. The van der Waals surface area contributed by atoms with Crippen LogP contribution in [0.3, 0.4) is 0 Å².